The van der Waals surface area contributed by atoms with E-state index in [4.69, 9.17) is 10.5 Å². The van der Waals surface area contributed by atoms with E-state index in [9.17, 15) is 0 Å². The van der Waals surface area contributed by atoms with E-state index in [1.807, 2.05) is 0 Å². The van der Waals surface area contributed by atoms with Crippen molar-refractivity contribution in [1.82, 2.24) is 4.90 Å². The highest BCUT2D eigenvalue weighted by Gasteiger charge is 2.10. The minimum absolute atomic E-state index is 0.401. The number of methoxy groups -OCH3 is 1. The first-order valence-corrected chi connectivity index (χ1v) is 6.04. The monoisotopic (exact) mass is 236 g/mol. The lowest BCUT2D eigenvalue weighted by atomic mass is 10.0. The van der Waals surface area contributed by atoms with E-state index in [-0.39, 0.29) is 0 Å². The third kappa shape index (κ3) is 3.45. The van der Waals surface area contributed by atoms with E-state index in [1.165, 1.54) is 16.7 Å². The summed E-state index contributed by atoms with van der Waals surface area (Å²) in [5.74, 6) is 0.989. The van der Waals surface area contributed by atoms with Gasteiger partial charge in [0.15, 0.2) is 0 Å². The van der Waals surface area contributed by atoms with Gasteiger partial charge in [-0.05, 0) is 44.5 Å². The molecule has 0 aliphatic carbocycles. The van der Waals surface area contributed by atoms with Crippen molar-refractivity contribution < 1.29 is 4.74 Å². The largest absolute Gasteiger partial charge is 0.496 e. The summed E-state index contributed by atoms with van der Waals surface area (Å²) in [5.41, 5.74) is 9.36. The number of hydrogen-bond acceptors (Lipinski definition) is 3. The summed E-state index contributed by atoms with van der Waals surface area (Å²) in [7, 11) is 3.82. The molecule has 0 radical (unpaired) electrons. The van der Waals surface area contributed by atoms with Gasteiger partial charge in [0.1, 0.15) is 5.75 Å². The lowest BCUT2D eigenvalue weighted by Gasteiger charge is -2.24. The van der Waals surface area contributed by atoms with E-state index < -0.39 is 0 Å². The van der Waals surface area contributed by atoms with Crippen molar-refractivity contribution in [3.8, 4) is 5.75 Å². The topological polar surface area (TPSA) is 38.5 Å². The van der Waals surface area contributed by atoms with Crippen molar-refractivity contribution in [3.05, 3.63) is 28.8 Å². The normalized spacial score (nSPS) is 12.9. The van der Waals surface area contributed by atoms with Crippen LogP contribution in [0.4, 0.5) is 0 Å². The summed E-state index contributed by atoms with van der Waals surface area (Å²) in [4.78, 5) is 2.26. The Kier molecular flexibility index (Phi) is 4.97. The van der Waals surface area contributed by atoms with Gasteiger partial charge in [-0.25, -0.2) is 0 Å². The quantitative estimate of drug-likeness (QED) is 0.851. The molecular formula is C14H24N2O. The van der Waals surface area contributed by atoms with Crippen LogP contribution in [0.3, 0.4) is 0 Å². The second-order valence-electron chi connectivity index (χ2n) is 4.76. The van der Waals surface area contributed by atoms with Crippen LogP contribution in [0.5, 0.6) is 5.75 Å². The third-order valence-electron chi connectivity index (χ3n) is 3.25. The fourth-order valence-electron chi connectivity index (χ4n) is 2.08. The molecule has 1 aromatic carbocycles. The van der Waals surface area contributed by atoms with Gasteiger partial charge in [-0.3, -0.25) is 4.90 Å². The Morgan fingerprint density at radius 1 is 1.29 bits per heavy atom. The van der Waals surface area contributed by atoms with Crippen molar-refractivity contribution in [3.63, 3.8) is 0 Å². The van der Waals surface area contributed by atoms with Crippen LogP contribution in [-0.2, 0) is 6.54 Å². The minimum atomic E-state index is 0.401. The predicted molar refractivity (Wildman–Crippen MR) is 72.5 cm³/mol. The van der Waals surface area contributed by atoms with Crippen LogP contribution in [0, 0.1) is 13.8 Å². The number of ether oxygens (including phenoxy) is 1. The molecule has 0 aliphatic heterocycles. The van der Waals surface area contributed by atoms with E-state index in [1.54, 1.807) is 7.11 Å². The van der Waals surface area contributed by atoms with E-state index in [2.05, 4.69) is 44.9 Å². The van der Waals surface area contributed by atoms with Gasteiger partial charge in [-0.1, -0.05) is 12.1 Å². The van der Waals surface area contributed by atoms with E-state index in [0.717, 1.165) is 12.3 Å². The van der Waals surface area contributed by atoms with Gasteiger partial charge in [0.25, 0.3) is 0 Å². The lowest BCUT2D eigenvalue weighted by Crippen LogP contribution is -2.34. The molecule has 0 fully saturated rings. The molecule has 3 heteroatoms. The summed E-state index contributed by atoms with van der Waals surface area (Å²) >= 11 is 0. The zero-order valence-corrected chi connectivity index (χ0v) is 11.6. The van der Waals surface area contributed by atoms with Crippen molar-refractivity contribution in [1.29, 1.82) is 0 Å². The highest BCUT2D eigenvalue weighted by Crippen LogP contribution is 2.24. The van der Waals surface area contributed by atoms with Crippen molar-refractivity contribution in [2.24, 2.45) is 5.73 Å². The number of nitrogens with two attached hydrogens (primary N) is 1. The van der Waals surface area contributed by atoms with Crippen LogP contribution in [0.15, 0.2) is 12.1 Å². The Labute approximate surface area is 105 Å². The molecule has 3 nitrogen and oxygen atoms in total. The van der Waals surface area contributed by atoms with Gasteiger partial charge >= 0.3 is 0 Å². The summed E-state index contributed by atoms with van der Waals surface area (Å²) < 4.78 is 5.37. The second kappa shape index (κ2) is 6.03. The zero-order valence-electron chi connectivity index (χ0n) is 11.6. The molecule has 1 atom stereocenters. The van der Waals surface area contributed by atoms with Gasteiger partial charge < -0.3 is 10.5 Å². The third-order valence-corrected chi connectivity index (χ3v) is 3.25. The molecule has 1 unspecified atom stereocenters. The van der Waals surface area contributed by atoms with Gasteiger partial charge in [0, 0.05) is 19.1 Å². The van der Waals surface area contributed by atoms with Crippen LogP contribution < -0.4 is 10.5 Å². The summed E-state index contributed by atoms with van der Waals surface area (Å²) in [5, 5.41) is 0. The molecular weight excluding hydrogens is 212 g/mol. The van der Waals surface area contributed by atoms with Crippen LogP contribution in [0.1, 0.15) is 23.6 Å². The first-order chi connectivity index (χ1) is 7.99. The van der Waals surface area contributed by atoms with Crippen molar-refractivity contribution in [2.45, 2.75) is 33.4 Å². The van der Waals surface area contributed by atoms with E-state index in [0.29, 0.717) is 12.6 Å². The molecule has 1 aromatic rings. The first-order valence-electron chi connectivity index (χ1n) is 6.04. The van der Waals surface area contributed by atoms with Gasteiger partial charge in [0.2, 0.25) is 0 Å². The smallest absolute Gasteiger partial charge is 0.124 e. The van der Waals surface area contributed by atoms with Crippen LogP contribution in [0.25, 0.3) is 0 Å². The molecule has 0 heterocycles. The number of hydrogen-bond donors (Lipinski definition) is 1. The fourth-order valence-corrected chi connectivity index (χ4v) is 2.08. The standard InChI is InChI=1S/C14H24N2O/c1-10-6-13(7-11(2)14(10)17-5)9-16(4)12(3)8-15/h6-7,12H,8-9,15H2,1-5H3. The van der Waals surface area contributed by atoms with Gasteiger partial charge in [-0.2, -0.15) is 0 Å². The number of benzene rings is 1. The maximum Gasteiger partial charge on any atom is 0.124 e. The molecule has 17 heavy (non-hydrogen) atoms. The molecule has 0 saturated heterocycles. The molecule has 96 valence electrons. The first kappa shape index (κ1) is 14.0. The number of rotatable bonds is 5. The van der Waals surface area contributed by atoms with Crippen LogP contribution >= 0.6 is 0 Å². The molecule has 0 amide bonds. The maximum absolute atomic E-state index is 5.67. The lowest BCUT2D eigenvalue weighted by molar-refractivity contribution is 0.254. The highest BCUT2D eigenvalue weighted by atomic mass is 16.5. The number of aryl methyl sites for hydroxylation is 2. The number of nitrogens with zero attached hydrogens (tertiary/aromatic N) is 1. The fraction of sp³-hybridized carbons (Fsp3) is 0.571. The Hall–Kier alpha value is -1.06. The molecule has 0 bridgehead atoms. The minimum Gasteiger partial charge on any atom is -0.496 e. The molecule has 0 aromatic heterocycles. The SMILES string of the molecule is COc1c(C)cc(CN(C)C(C)CN)cc1C. The average molecular weight is 236 g/mol. The summed E-state index contributed by atoms with van der Waals surface area (Å²) in [6.45, 7) is 7.92. The Morgan fingerprint density at radius 2 is 1.82 bits per heavy atom. The summed E-state index contributed by atoms with van der Waals surface area (Å²) in [6.07, 6.45) is 0. The molecule has 0 aliphatic rings. The summed E-state index contributed by atoms with van der Waals surface area (Å²) in [6, 6.07) is 4.77. The Morgan fingerprint density at radius 3 is 2.24 bits per heavy atom. The van der Waals surface area contributed by atoms with Crippen LogP contribution in [0.2, 0.25) is 0 Å². The Balaban J connectivity index is 2.86. The maximum atomic E-state index is 5.67. The van der Waals surface area contributed by atoms with Crippen molar-refractivity contribution >= 4 is 0 Å². The zero-order chi connectivity index (χ0) is 13.0. The highest BCUT2D eigenvalue weighted by molar-refractivity contribution is 5.43. The second-order valence-corrected chi connectivity index (χ2v) is 4.76. The molecule has 1 rings (SSSR count). The van der Waals surface area contributed by atoms with Crippen molar-refractivity contribution in [2.75, 3.05) is 20.7 Å². The number of likely N-dealkylation sites (N-methyl/N-ethyl adjacent to an activating group) is 1. The average Bonchev–Trinajstić information content (AvgIpc) is 2.27. The van der Waals surface area contributed by atoms with Gasteiger partial charge in [0.05, 0.1) is 7.11 Å². The van der Waals surface area contributed by atoms with Gasteiger partial charge in [-0.15, -0.1) is 0 Å². The Bertz CT molecular complexity index is 353. The van der Waals surface area contributed by atoms with Crippen LogP contribution in [-0.4, -0.2) is 31.6 Å². The molecule has 0 spiro atoms. The van der Waals surface area contributed by atoms with E-state index >= 15 is 0 Å². The molecule has 0 saturated carbocycles. The predicted octanol–water partition coefficient (Wildman–Crippen LogP) is 2.09. The molecule has 2 N–H and O–H groups in total.